The van der Waals surface area contributed by atoms with E-state index in [1.807, 2.05) is 0 Å². The van der Waals surface area contributed by atoms with Gasteiger partial charge in [-0.1, -0.05) is 18.2 Å². The van der Waals surface area contributed by atoms with E-state index in [9.17, 15) is 14.3 Å². The highest BCUT2D eigenvalue weighted by Gasteiger charge is 2.29. The van der Waals surface area contributed by atoms with Crippen molar-refractivity contribution in [3.8, 4) is 5.75 Å². The minimum absolute atomic E-state index is 0.138. The molecular weight excluding hydrogens is 215 g/mol. The van der Waals surface area contributed by atoms with E-state index in [-0.39, 0.29) is 5.56 Å². The third-order valence-corrected chi connectivity index (χ3v) is 2.05. The van der Waals surface area contributed by atoms with Gasteiger partial charge in [-0.05, 0) is 13.0 Å². The SMILES string of the molecule is CCOc1ccccc1C(O)C(F)C(=O)O. The first-order valence-electron chi connectivity index (χ1n) is 4.84. The average molecular weight is 228 g/mol. The molecule has 0 bridgehead atoms. The lowest BCUT2D eigenvalue weighted by molar-refractivity contribution is -0.147. The molecule has 0 spiro atoms. The number of aliphatic carboxylic acids is 1. The van der Waals surface area contributed by atoms with Crippen LogP contribution in [-0.4, -0.2) is 29.0 Å². The first kappa shape index (κ1) is 12.4. The van der Waals surface area contributed by atoms with Crippen molar-refractivity contribution in [2.45, 2.75) is 19.2 Å². The summed E-state index contributed by atoms with van der Waals surface area (Å²) in [4.78, 5) is 10.4. The third-order valence-electron chi connectivity index (χ3n) is 2.05. The summed E-state index contributed by atoms with van der Waals surface area (Å²) in [5.41, 5.74) is 0.138. The second-order valence-electron chi connectivity index (χ2n) is 3.16. The van der Waals surface area contributed by atoms with Crippen LogP contribution < -0.4 is 4.74 Å². The van der Waals surface area contributed by atoms with Crippen molar-refractivity contribution in [2.24, 2.45) is 0 Å². The van der Waals surface area contributed by atoms with E-state index >= 15 is 0 Å². The van der Waals surface area contributed by atoms with E-state index in [0.717, 1.165) is 0 Å². The first-order chi connectivity index (χ1) is 7.57. The summed E-state index contributed by atoms with van der Waals surface area (Å²) in [5.74, 6) is -1.40. The number of carboxylic acids is 1. The van der Waals surface area contributed by atoms with Gasteiger partial charge in [0.15, 0.2) is 0 Å². The van der Waals surface area contributed by atoms with Crippen LogP contribution in [0.4, 0.5) is 4.39 Å². The molecule has 0 fully saturated rings. The lowest BCUT2D eigenvalue weighted by atomic mass is 10.0. The lowest BCUT2D eigenvalue weighted by Gasteiger charge is -2.16. The summed E-state index contributed by atoms with van der Waals surface area (Å²) in [5, 5.41) is 18.0. The van der Waals surface area contributed by atoms with Gasteiger partial charge in [-0.2, -0.15) is 0 Å². The molecule has 1 aromatic rings. The van der Waals surface area contributed by atoms with Gasteiger partial charge in [-0.25, -0.2) is 9.18 Å². The minimum atomic E-state index is -2.36. The van der Waals surface area contributed by atoms with Gasteiger partial charge in [0.1, 0.15) is 11.9 Å². The smallest absolute Gasteiger partial charge is 0.341 e. The van der Waals surface area contributed by atoms with Crippen molar-refractivity contribution in [3.63, 3.8) is 0 Å². The summed E-state index contributed by atoms with van der Waals surface area (Å²) in [6.45, 7) is 2.10. The highest BCUT2D eigenvalue weighted by atomic mass is 19.1. The normalized spacial score (nSPS) is 14.2. The van der Waals surface area contributed by atoms with Crippen molar-refractivity contribution in [1.82, 2.24) is 0 Å². The summed E-state index contributed by atoms with van der Waals surface area (Å²) in [7, 11) is 0. The molecule has 2 atom stereocenters. The standard InChI is InChI=1S/C11H13FO4/c1-2-16-8-6-4-3-5-7(8)10(13)9(12)11(14)15/h3-6,9-10,13H,2H2,1H3,(H,14,15). The average Bonchev–Trinajstić information content (AvgIpc) is 2.28. The highest BCUT2D eigenvalue weighted by molar-refractivity contribution is 5.73. The van der Waals surface area contributed by atoms with Crippen LogP contribution in [0.3, 0.4) is 0 Å². The van der Waals surface area contributed by atoms with Crippen LogP contribution in [0, 0.1) is 0 Å². The number of para-hydroxylation sites is 1. The molecule has 0 radical (unpaired) electrons. The molecule has 1 aromatic carbocycles. The van der Waals surface area contributed by atoms with Crippen molar-refractivity contribution >= 4 is 5.97 Å². The van der Waals surface area contributed by atoms with Crippen LogP contribution in [0.2, 0.25) is 0 Å². The summed E-state index contributed by atoms with van der Waals surface area (Å²) < 4.78 is 18.3. The largest absolute Gasteiger partial charge is 0.493 e. The molecule has 0 saturated carbocycles. The Hall–Kier alpha value is -1.62. The zero-order chi connectivity index (χ0) is 12.1. The van der Waals surface area contributed by atoms with Crippen LogP contribution in [0.5, 0.6) is 5.75 Å². The summed E-state index contributed by atoms with van der Waals surface area (Å²) in [6, 6.07) is 6.23. The molecule has 0 amide bonds. The predicted octanol–water partition coefficient (Wildman–Crippen LogP) is 1.54. The number of aliphatic hydroxyl groups excluding tert-OH is 1. The number of benzene rings is 1. The molecular formula is C11H13FO4. The summed E-state index contributed by atoms with van der Waals surface area (Å²) >= 11 is 0. The first-order valence-corrected chi connectivity index (χ1v) is 4.84. The van der Waals surface area contributed by atoms with E-state index in [2.05, 4.69) is 0 Å². The zero-order valence-electron chi connectivity index (χ0n) is 8.76. The topological polar surface area (TPSA) is 66.8 Å². The van der Waals surface area contributed by atoms with Crippen molar-refractivity contribution in [2.75, 3.05) is 6.61 Å². The molecule has 16 heavy (non-hydrogen) atoms. The second-order valence-corrected chi connectivity index (χ2v) is 3.16. The maximum absolute atomic E-state index is 13.1. The van der Waals surface area contributed by atoms with Gasteiger partial charge < -0.3 is 14.9 Å². The molecule has 2 N–H and O–H groups in total. The fourth-order valence-corrected chi connectivity index (χ4v) is 1.30. The number of hydrogen-bond donors (Lipinski definition) is 2. The Balaban J connectivity index is 2.97. The van der Waals surface area contributed by atoms with Gasteiger partial charge in [0, 0.05) is 5.56 Å². The molecule has 2 unspecified atom stereocenters. The molecule has 1 rings (SSSR count). The number of ether oxygens (including phenoxy) is 1. The van der Waals surface area contributed by atoms with Gasteiger partial charge in [0.25, 0.3) is 0 Å². The van der Waals surface area contributed by atoms with Gasteiger partial charge in [0.05, 0.1) is 6.61 Å². The van der Waals surface area contributed by atoms with E-state index in [1.54, 1.807) is 25.1 Å². The Morgan fingerprint density at radius 3 is 2.69 bits per heavy atom. The second kappa shape index (κ2) is 5.46. The fraction of sp³-hybridized carbons (Fsp3) is 0.364. The number of carboxylic acid groups (broad SMARTS) is 1. The Labute approximate surface area is 92.3 Å². The van der Waals surface area contributed by atoms with E-state index in [0.29, 0.717) is 12.4 Å². The molecule has 0 aromatic heterocycles. The Bertz CT molecular complexity index is 367. The molecule has 0 aliphatic carbocycles. The van der Waals surface area contributed by atoms with Crippen molar-refractivity contribution in [1.29, 1.82) is 0 Å². The monoisotopic (exact) mass is 228 g/mol. The summed E-state index contributed by atoms with van der Waals surface area (Å²) in [6.07, 6.45) is -4.08. The molecule has 0 heterocycles. The van der Waals surface area contributed by atoms with Crippen LogP contribution in [0.1, 0.15) is 18.6 Å². The Kier molecular flexibility index (Phi) is 4.25. The van der Waals surface area contributed by atoms with Crippen molar-refractivity contribution in [3.05, 3.63) is 29.8 Å². The maximum Gasteiger partial charge on any atom is 0.341 e. The number of aliphatic hydroxyl groups is 1. The van der Waals surface area contributed by atoms with Crippen LogP contribution in [0.15, 0.2) is 24.3 Å². The molecule has 5 heteroatoms. The zero-order valence-corrected chi connectivity index (χ0v) is 8.76. The number of carbonyl (C=O) groups is 1. The van der Waals surface area contributed by atoms with Crippen LogP contribution in [-0.2, 0) is 4.79 Å². The number of halogens is 1. The molecule has 0 aliphatic heterocycles. The lowest BCUT2D eigenvalue weighted by Crippen LogP contribution is -2.23. The van der Waals surface area contributed by atoms with E-state index in [4.69, 9.17) is 9.84 Å². The van der Waals surface area contributed by atoms with Crippen LogP contribution >= 0.6 is 0 Å². The number of rotatable bonds is 5. The van der Waals surface area contributed by atoms with Crippen LogP contribution in [0.25, 0.3) is 0 Å². The number of alkyl halides is 1. The minimum Gasteiger partial charge on any atom is -0.493 e. The van der Waals surface area contributed by atoms with Gasteiger partial charge in [-0.3, -0.25) is 0 Å². The molecule has 88 valence electrons. The quantitative estimate of drug-likeness (QED) is 0.802. The molecule has 0 aliphatic rings. The maximum atomic E-state index is 13.1. The van der Waals surface area contributed by atoms with Gasteiger partial charge in [-0.15, -0.1) is 0 Å². The predicted molar refractivity (Wildman–Crippen MR) is 55.1 cm³/mol. The van der Waals surface area contributed by atoms with Gasteiger partial charge in [0.2, 0.25) is 6.17 Å². The molecule has 0 saturated heterocycles. The third kappa shape index (κ3) is 2.70. The van der Waals surface area contributed by atoms with Crippen molar-refractivity contribution < 1.29 is 24.1 Å². The molecule has 4 nitrogen and oxygen atoms in total. The van der Waals surface area contributed by atoms with E-state index < -0.39 is 18.2 Å². The Morgan fingerprint density at radius 1 is 1.50 bits per heavy atom. The van der Waals surface area contributed by atoms with E-state index in [1.165, 1.54) is 6.07 Å². The fourth-order valence-electron chi connectivity index (χ4n) is 1.30. The van der Waals surface area contributed by atoms with Gasteiger partial charge >= 0.3 is 5.97 Å². The highest BCUT2D eigenvalue weighted by Crippen LogP contribution is 2.28. The number of hydrogen-bond acceptors (Lipinski definition) is 3. The Morgan fingerprint density at radius 2 is 2.12 bits per heavy atom.